The molecule has 2 heterocycles. The van der Waals surface area contributed by atoms with Crippen molar-refractivity contribution in [3.05, 3.63) is 16.6 Å². The third-order valence-electron chi connectivity index (χ3n) is 2.88. The molecule has 0 aliphatic carbocycles. The lowest BCUT2D eigenvalue weighted by Gasteiger charge is -2.32. The van der Waals surface area contributed by atoms with Gasteiger partial charge in [-0.1, -0.05) is 16.3 Å². The Bertz CT molecular complexity index is 604. The van der Waals surface area contributed by atoms with Crippen LogP contribution in [0.3, 0.4) is 0 Å². The van der Waals surface area contributed by atoms with E-state index in [9.17, 15) is 22.8 Å². The third-order valence-corrected chi connectivity index (χ3v) is 4.55. The van der Waals surface area contributed by atoms with Gasteiger partial charge in [0.2, 0.25) is 0 Å². The van der Waals surface area contributed by atoms with Crippen molar-refractivity contribution in [2.24, 2.45) is 0 Å². The number of alkyl halides is 3. The topological polar surface area (TPSA) is 72.4 Å². The predicted octanol–water partition coefficient (Wildman–Crippen LogP) is 2.30. The summed E-state index contributed by atoms with van der Waals surface area (Å²) in [5.41, 5.74) is 1.20. The van der Waals surface area contributed by atoms with E-state index >= 15 is 0 Å². The minimum atomic E-state index is -5.05. The highest BCUT2D eigenvalue weighted by atomic mass is 32.2. The molecule has 0 saturated carbocycles. The first-order chi connectivity index (χ1) is 10.8. The summed E-state index contributed by atoms with van der Waals surface area (Å²) in [4.78, 5) is 26.6. The van der Waals surface area contributed by atoms with Gasteiger partial charge >= 0.3 is 12.1 Å². The van der Waals surface area contributed by atoms with Crippen molar-refractivity contribution in [1.29, 1.82) is 0 Å². The van der Waals surface area contributed by atoms with Gasteiger partial charge in [0.1, 0.15) is 0 Å². The highest BCUT2D eigenvalue weighted by Gasteiger charge is 2.43. The molecule has 23 heavy (non-hydrogen) atoms. The van der Waals surface area contributed by atoms with Crippen LogP contribution in [0.1, 0.15) is 19.0 Å². The lowest BCUT2D eigenvalue weighted by atomic mass is 10.0. The number of hydroxylamine groups is 2. The van der Waals surface area contributed by atoms with E-state index in [0.29, 0.717) is 17.7 Å². The van der Waals surface area contributed by atoms with Crippen LogP contribution in [0.15, 0.2) is 11.0 Å². The first kappa shape index (κ1) is 17.9. The highest BCUT2D eigenvalue weighted by Crippen LogP contribution is 2.30. The van der Waals surface area contributed by atoms with E-state index in [1.54, 1.807) is 11.5 Å². The summed E-state index contributed by atoms with van der Waals surface area (Å²) >= 11 is 2.22. The van der Waals surface area contributed by atoms with Crippen LogP contribution in [-0.2, 0) is 14.4 Å². The summed E-state index contributed by atoms with van der Waals surface area (Å²) in [5.74, 6) is -2.26. The number of hydrogen-bond acceptors (Lipinski definition) is 8. The van der Waals surface area contributed by atoms with E-state index in [-0.39, 0.29) is 23.5 Å². The molecule has 1 aromatic rings. The zero-order valence-electron chi connectivity index (χ0n) is 11.9. The number of nitrogens with zero attached hydrogens (tertiary/aromatic N) is 3. The van der Waals surface area contributed by atoms with E-state index in [4.69, 9.17) is 0 Å². The lowest BCUT2D eigenvalue weighted by Crippen LogP contribution is -2.41. The molecule has 126 valence electrons. The average molecular weight is 367 g/mol. The minimum absolute atomic E-state index is 0.0235. The maximum atomic E-state index is 12.3. The standard InChI is InChI=1S/C12H12F3N3O3S2/c1-7(19)23-10-2-3-18(21-11(20)12(13,14)15)5-8(10)4-9-6-22-17-16-9/h4,6,10H,2-3,5H2,1H3/b8-4+. The van der Waals surface area contributed by atoms with Gasteiger partial charge in [0.15, 0.2) is 5.12 Å². The Hall–Kier alpha value is -1.46. The number of piperidine rings is 1. The maximum absolute atomic E-state index is 12.3. The molecule has 0 N–H and O–H groups in total. The predicted molar refractivity (Wildman–Crippen MR) is 78.3 cm³/mol. The zero-order valence-corrected chi connectivity index (χ0v) is 13.5. The molecule has 1 saturated heterocycles. The number of halogens is 3. The second-order valence-corrected chi connectivity index (χ2v) is 6.67. The molecule has 1 aliphatic rings. The molecule has 1 unspecified atom stereocenters. The van der Waals surface area contributed by atoms with Crippen molar-refractivity contribution in [1.82, 2.24) is 14.7 Å². The van der Waals surface area contributed by atoms with Gasteiger partial charge in [-0.2, -0.15) is 13.2 Å². The van der Waals surface area contributed by atoms with Gasteiger partial charge in [-0.3, -0.25) is 4.79 Å². The molecule has 1 atom stereocenters. The Labute approximate surface area is 137 Å². The van der Waals surface area contributed by atoms with Crippen LogP contribution >= 0.6 is 23.3 Å². The summed E-state index contributed by atoms with van der Waals surface area (Å²) in [6, 6.07) is 0. The largest absolute Gasteiger partial charge is 0.492 e. The van der Waals surface area contributed by atoms with Crippen LogP contribution in [0.4, 0.5) is 13.2 Å². The normalized spacial score (nSPS) is 21.4. The first-order valence-electron chi connectivity index (χ1n) is 6.44. The van der Waals surface area contributed by atoms with Crippen molar-refractivity contribution >= 4 is 40.5 Å². The molecule has 1 aromatic heterocycles. The summed E-state index contributed by atoms with van der Waals surface area (Å²) < 4.78 is 40.5. The summed E-state index contributed by atoms with van der Waals surface area (Å²) in [5, 5.41) is 6.16. The fourth-order valence-electron chi connectivity index (χ4n) is 1.98. The molecule has 2 rings (SSSR count). The monoisotopic (exact) mass is 367 g/mol. The molecule has 1 aliphatic heterocycles. The molecule has 0 radical (unpaired) electrons. The first-order valence-corrected chi connectivity index (χ1v) is 8.16. The fourth-order valence-corrected chi connectivity index (χ4v) is 3.31. The van der Waals surface area contributed by atoms with Crippen LogP contribution in [0, 0.1) is 0 Å². The van der Waals surface area contributed by atoms with Crippen LogP contribution in [-0.4, -0.2) is 50.3 Å². The Kier molecular flexibility index (Phi) is 5.76. The molecule has 6 nitrogen and oxygen atoms in total. The molecular formula is C12H12F3N3O3S2. The van der Waals surface area contributed by atoms with Crippen molar-refractivity contribution in [2.45, 2.75) is 24.8 Å². The quantitative estimate of drug-likeness (QED) is 0.812. The van der Waals surface area contributed by atoms with Crippen LogP contribution in [0.2, 0.25) is 0 Å². The van der Waals surface area contributed by atoms with E-state index in [2.05, 4.69) is 14.4 Å². The molecule has 11 heteroatoms. The van der Waals surface area contributed by atoms with E-state index < -0.39 is 12.1 Å². The Morgan fingerprint density at radius 3 is 2.83 bits per heavy atom. The lowest BCUT2D eigenvalue weighted by molar-refractivity contribution is -0.238. The van der Waals surface area contributed by atoms with Gasteiger partial charge in [-0.25, -0.2) is 4.79 Å². The van der Waals surface area contributed by atoms with E-state index in [0.717, 1.165) is 28.4 Å². The van der Waals surface area contributed by atoms with Crippen molar-refractivity contribution < 1.29 is 27.6 Å². The van der Waals surface area contributed by atoms with Crippen LogP contribution in [0.5, 0.6) is 0 Å². The SMILES string of the molecule is CC(=O)SC1CCN(OC(=O)C(F)(F)F)C/C1=C\c1csnn1. The number of rotatable bonds is 3. The second kappa shape index (κ2) is 7.41. The number of carbonyl (C=O) groups excluding carboxylic acids is 2. The van der Waals surface area contributed by atoms with Gasteiger partial charge in [0, 0.05) is 24.1 Å². The Morgan fingerprint density at radius 2 is 2.26 bits per heavy atom. The van der Waals surface area contributed by atoms with E-state index in [1.165, 1.54) is 6.92 Å². The van der Waals surface area contributed by atoms with Crippen molar-refractivity contribution in [2.75, 3.05) is 13.1 Å². The zero-order chi connectivity index (χ0) is 17.0. The van der Waals surface area contributed by atoms with Gasteiger partial charge in [0.05, 0.1) is 12.2 Å². The smallest absolute Gasteiger partial charge is 0.360 e. The van der Waals surface area contributed by atoms with Crippen LogP contribution in [0.25, 0.3) is 6.08 Å². The van der Waals surface area contributed by atoms with Gasteiger partial charge in [-0.05, 0) is 29.6 Å². The van der Waals surface area contributed by atoms with Gasteiger partial charge in [-0.15, -0.1) is 10.2 Å². The van der Waals surface area contributed by atoms with Crippen LogP contribution < -0.4 is 0 Å². The molecule has 0 bridgehead atoms. The van der Waals surface area contributed by atoms with Crippen molar-refractivity contribution in [3.8, 4) is 0 Å². The summed E-state index contributed by atoms with van der Waals surface area (Å²) in [7, 11) is 0. The number of carbonyl (C=O) groups is 2. The molecule has 0 spiro atoms. The summed E-state index contributed by atoms with van der Waals surface area (Å²) in [6.45, 7) is 1.51. The second-order valence-electron chi connectivity index (χ2n) is 4.68. The Balaban J connectivity index is 2.12. The molecule has 0 aromatic carbocycles. The molecule has 0 amide bonds. The van der Waals surface area contributed by atoms with Gasteiger partial charge in [0.25, 0.3) is 0 Å². The number of thioether (sulfide) groups is 1. The third kappa shape index (κ3) is 5.29. The minimum Gasteiger partial charge on any atom is -0.360 e. The number of aromatic nitrogens is 2. The highest BCUT2D eigenvalue weighted by molar-refractivity contribution is 8.14. The maximum Gasteiger partial charge on any atom is 0.492 e. The van der Waals surface area contributed by atoms with Gasteiger partial charge < -0.3 is 4.84 Å². The fraction of sp³-hybridized carbons (Fsp3) is 0.500. The molecular weight excluding hydrogens is 355 g/mol. The van der Waals surface area contributed by atoms with Crippen molar-refractivity contribution in [3.63, 3.8) is 0 Å². The Morgan fingerprint density at radius 1 is 1.52 bits per heavy atom. The number of hydrogen-bond donors (Lipinski definition) is 0. The van der Waals surface area contributed by atoms with E-state index in [1.807, 2.05) is 0 Å². The average Bonchev–Trinajstić information content (AvgIpc) is 2.93. The summed E-state index contributed by atoms with van der Waals surface area (Å²) in [6.07, 6.45) is -3.02. The molecule has 1 fully saturated rings.